The van der Waals surface area contributed by atoms with Crippen LogP contribution in [-0.4, -0.2) is 30.1 Å². The van der Waals surface area contributed by atoms with Gasteiger partial charge in [0.15, 0.2) is 0 Å². The highest BCUT2D eigenvalue weighted by Crippen LogP contribution is 2.19. The summed E-state index contributed by atoms with van der Waals surface area (Å²) in [5, 5.41) is 8.20. The summed E-state index contributed by atoms with van der Waals surface area (Å²) in [7, 11) is -3.42. The SMILES string of the molecule is NCc1csc(S(=O)(=O)NCCCc2ncn[nH]2)c1. The molecule has 9 heteroatoms. The van der Waals surface area contributed by atoms with Gasteiger partial charge in [0.25, 0.3) is 0 Å². The topological polar surface area (TPSA) is 114 Å². The molecule has 0 bridgehead atoms. The van der Waals surface area contributed by atoms with Gasteiger partial charge in [0.1, 0.15) is 16.4 Å². The average Bonchev–Trinajstić information content (AvgIpc) is 3.05. The van der Waals surface area contributed by atoms with E-state index in [1.807, 2.05) is 0 Å². The predicted octanol–water partition coefficient (Wildman–Crippen LogP) is 0.236. The number of nitrogens with zero attached hydrogens (tertiary/aromatic N) is 2. The first-order chi connectivity index (χ1) is 9.12. The van der Waals surface area contributed by atoms with E-state index in [4.69, 9.17) is 5.73 Å². The van der Waals surface area contributed by atoms with Crippen molar-refractivity contribution in [3.8, 4) is 0 Å². The first-order valence-corrected chi connectivity index (χ1v) is 8.09. The number of nitrogens with two attached hydrogens (primary N) is 1. The zero-order valence-electron chi connectivity index (χ0n) is 10.2. The largest absolute Gasteiger partial charge is 0.326 e. The van der Waals surface area contributed by atoms with Gasteiger partial charge in [-0.2, -0.15) is 5.10 Å². The first kappa shape index (κ1) is 14.1. The van der Waals surface area contributed by atoms with Crippen molar-refractivity contribution < 1.29 is 8.42 Å². The van der Waals surface area contributed by atoms with Gasteiger partial charge in [-0.05, 0) is 23.4 Å². The van der Waals surface area contributed by atoms with E-state index in [-0.39, 0.29) is 0 Å². The van der Waals surface area contributed by atoms with Crippen LogP contribution in [0.5, 0.6) is 0 Å². The number of nitrogens with one attached hydrogen (secondary N) is 2. The Morgan fingerprint density at radius 1 is 1.47 bits per heavy atom. The maximum absolute atomic E-state index is 11.9. The Morgan fingerprint density at radius 2 is 2.32 bits per heavy atom. The van der Waals surface area contributed by atoms with Crippen LogP contribution < -0.4 is 10.5 Å². The molecule has 0 amide bonds. The van der Waals surface area contributed by atoms with Crippen molar-refractivity contribution in [2.75, 3.05) is 6.54 Å². The Morgan fingerprint density at radius 3 is 2.95 bits per heavy atom. The number of aromatic nitrogens is 3. The molecular weight excluding hydrogens is 286 g/mol. The molecule has 104 valence electrons. The lowest BCUT2D eigenvalue weighted by atomic mass is 10.3. The van der Waals surface area contributed by atoms with Crippen LogP contribution in [-0.2, 0) is 23.0 Å². The second-order valence-electron chi connectivity index (χ2n) is 3.91. The van der Waals surface area contributed by atoms with Gasteiger partial charge in [-0.25, -0.2) is 18.1 Å². The van der Waals surface area contributed by atoms with Crippen LogP contribution in [0.25, 0.3) is 0 Å². The third-order valence-corrected chi connectivity index (χ3v) is 5.43. The highest BCUT2D eigenvalue weighted by molar-refractivity contribution is 7.91. The molecule has 2 aromatic heterocycles. The van der Waals surface area contributed by atoms with Gasteiger partial charge in [0.05, 0.1) is 0 Å². The molecule has 0 aliphatic rings. The number of hydrogen-bond acceptors (Lipinski definition) is 6. The highest BCUT2D eigenvalue weighted by Gasteiger charge is 2.15. The summed E-state index contributed by atoms with van der Waals surface area (Å²) in [5.41, 5.74) is 6.28. The number of aromatic amines is 1. The summed E-state index contributed by atoms with van der Waals surface area (Å²) in [6, 6.07) is 1.60. The minimum absolute atomic E-state index is 0.299. The lowest BCUT2D eigenvalue weighted by Gasteiger charge is -2.03. The molecule has 0 saturated carbocycles. The Hall–Kier alpha value is -1.29. The molecule has 0 spiro atoms. The van der Waals surface area contributed by atoms with Gasteiger partial charge >= 0.3 is 0 Å². The number of hydrogen-bond donors (Lipinski definition) is 3. The number of sulfonamides is 1. The molecule has 0 unspecified atom stereocenters. The molecule has 4 N–H and O–H groups in total. The summed E-state index contributed by atoms with van der Waals surface area (Å²) in [6.07, 6.45) is 2.74. The van der Waals surface area contributed by atoms with Crippen molar-refractivity contribution in [1.29, 1.82) is 0 Å². The number of thiophene rings is 1. The lowest BCUT2D eigenvalue weighted by molar-refractivity contribution is 0.580. The molecule has 0 radical (unpaired) electrons. The van der Waals surface area contributed by atoms with Crippen molar-refractivity contribution in [2.24, 2.45) is 5.73 Å². The molecule has 2 aromatic rings. The standard InChI is InChI=1S/C10H15N5O2S2/c11-5-8-4-10(18-6-8)19(16,17)14-3-1-2-9-12-7-13-15-9/h4,6-7,14H,1-3,5,11H2,(H,12,13,15). The molecule has 0 aliphatic heterocycles. The Balaban J connectivity index is 1.84. The lowest BCUT2D eigenvalue weighted by Crippen LogP contribution is -2.24. The fourth-order valence-electron chi connectivity index (χ4n) is 1.49. The van der Waals surface area contributed by atoms with Crippen molar-refractivity contribution in [1.82, 2.24) is 19.9 Å². The molecule has 7 nitrogen and oxygen atoms in total. The van der Waals surface area contributed by atoms with E-state index in [9.17, 15) is 8.42 Å². The number of H-pyrrole nitrogens is 1. The van der Waals surface area contributed by atoms with Crippen molar-refractivity contribution >= 4 is 21.4 Å². The van der Waals surface area contributed by atoms with Crippen LogP contribution >= 0.6 is 11.3 Å². The molecule has 0 atom stereocenters. The summed E-state index contributed by atoms with van der Waals surface area (Å²) >= 11 is 1.18. The maximum atomic E-state index is 11.9. The van der Waals surface area contributed by atoms with Crippen LogP contribution in [0, 0.1) is 0 Å². The molecule has 0 saturated heterocycles. The van der Waals surface area contributed by atoms with E-state index >= 15 is 0 Å². The molecule has 0 fully saturated rings. The van der Waals surface area contributed by atoms with Gasteiger partial charge in [-0.15, -0.1) is 11.3 Å². The predicted molar refractivity (Wildman–Crippen MR) is 72.1 cm³/mol. The minimum atomic E-state index is -3.42. The van der Waals surface area contributed by atoms with Gasteiger partial charge < -0.3 is 5.73 Å². The summed E-state index contributed by atoms with van der Waals surface area (Å²) in [5.74, 6) is 0.751. The number of rotatable bonds is 7. The summed E-state index contributed by atoms with van der Waals surface area (Å²) in [6.45, 7) is 0.705. The van der Waals surface area contributed by atoms with E-state index < -0.39 is 10.0 Å². The van der Waals surface area contributed by atoms with Gasteiger partial charge in [0.2, 0.25) is 10.0 Å². The van der Waals surface area contributed by atoms with Crippen molar-refractivity contribution in [3.63, 3.8) is 0 Å². The van der Waals surface area contributed by atoms with Crippen LogP contribution in [0.2, 0.25) is 0 Å². The van der Waals surface area contributed by atoms with E-state index in [0.717, 1.165) is 11.4 Å². The zero-order chi connectivity index (χ0) is 13.7. The molecule has 0 aromatic carbocycles. The molecule has 2 rings (SSSR count). The fourth-order valence-corrected chi connectivity index (χ4v) is 3.83. The van der Waals surface area contributed by atoms with Crippen LogP contribution in [0.4, 0.5) is 0 Å². The maximum Gasteiger partial charge on any atom is 0.250 e. The Labute approximate surface area is 115 Å². The molecular formula is C10H15N5O2S2. The summed E-state index contributed by atoms with van der Waals surface area (Å²) < 4.78 is 26.7. The van der Waals surface area contributed by atoms with Crippen molar-refractivity contribution in [2.45, 2.75) is 23.6 Å². The Bertz CT molecular complexity index is 606. The van der Waals surface area contributed by atoms with E-state index in [1.54, 1.807) is 11.4 Å². The van der Waals surface area contributed by atoms with Gasteiger partial charge in [-0.1, -0.05) is 0 Å². The van der Waals surface area contributed by atoms with Crippen LogP contribution in [0.15, 0.2) is 22.0 Å². The van der Waals surface area contributed by atoms with Gasteiger partial charge in [0, 0.05) is 19.5 Å². The zero-order valence-corrected chi connectivity index (χ0v) is 11.8. The van der Waals surface area contributed by atoms with E-state index in [0.29, 0.717) is 30.1 Å². The molecule has 0 aliphatic carbocycles. The Kier molecular flexibility index (Phi) is 4.64. The van der Waals surface area contributed by atoms with Gasteiger partial charge in [-0.3, -0.25) is 5.10 Å². The smallest absolute Gasteiger partial charge is 0.250 e. The third kappa shape index (κ3) is 3.83. The highest BCUT2D eigenvalue weighted by atomic mass is 32.2. The second kappa shape index (κ2) is 6.24. The van der Waals surface area contributed by atoms with Crippen LogP contribution in [0.1, 0.15) is 17.8 Å². The first-order valence-electron chi connectivity index (χ1n) is 5.73. The van der Waals surface area contributed by atoms with Crippen LogP contribution in [0.3, 0.4) is 0 Å². The fraction of sp³-hybridized carbons (Fsp3) is 0.400. The van der Waals surface area contributed by atoms with E-state index in [2.05, 4.69) is 19.9 Å². The minimum Gasteiger partial charge on any atom is -0.326 e. The molecule has 2 heterocycles. The quantitative estimate of drug-likeness (QED) is 0.634. The summed E-state index contributed by atoms with van der Waals surface area (Å²) in [4.78, 5) is 3.97. The monoisotopic (exact) mass is 301 g/mol. The third-order valence-electron chi connectivity index (χ3n) is 2.48. The van der Waals surface area contributed by atoms with E-state index in [1.165, 1.54) is 17.7 Å². The number of aryl methyl sites for hydroxylation is 1. The normalized spacial score (nSPS) is 11.8. The average molecular weight is 301 g/mol. The van der Waals surface area contributed by atoms with Crippen molar-refractivity contribution in [3.05, 3.63) is 29.2 Å². The second-order valence-corrected chi connectivity index (χ2v) is 6.82. The molecule has 19 heavy (non-hydrogen) atoms.